The molecule has 3 N–H and O–H groups in total. The van der Waals surface area contributed by atoms with E-state index in [-0.39, 0.29) is 11.4 Å². The maximum absolute atomic E-state index is 11.8. The molecule has 1 heterocycles. The highest BCUT2D eigenvalue weighted by Gasteiger charge is 2.29. The second kappa shape index (κ2) is 23.3. The average Bonchev–Trinajstić information content (AvgIpc) is 3.21. The maximum Gasteiger partial charge on any atom is 0.137 e. The predicted molar refractivity (Wildman–Crippen MR) is 228 cm³/mol. The summed E-state index contributed by atoms with van der Waals surface area (Å²) in [6, 6.07) is 20.4. The van der Waals surface area contributed by atoms with Gasteiger partial charge in [-0.3, -0.25) is 0 Å². The molecule has 0 aromatic heterocycles. The number of nitrogens with zero attached hydrogens (tertiary/aromatic N) is 2. The van der Waals surface area contributed by atoms with Crippen LogP contribution < -0.4 is 20.3 Å². The van der Waals surface area contributed by atoms with Crippen LogP contribution in [-0.4, -0.2) is 124 Å². The molecule has 0 spiro atoms. The van der Waals surface area contributed by atoms with Crippen molar-refractivity contribution in [2.45, 2.75) is 19.0 Å². The number of benzene rings is 3. The second-order valence-electron chi connectivity index (χ2n) is 13.5. The molecule has 11 nitrogen and oxygen atoms in total. The van der Waals surface area contributed by atoms with Crippen LogP contribution in [-0.2, 0) is 34.8 Å². The van der Waals surface area contributed by atoms with Gasteiger partial charge in [-0.2, -0.15) is 0 Å². The summed E-state index contributed by atoms with van der Waals surface area (Å²) in [6.45, 7) is 10.2. The van der Waals surface area contributed by atoms with Gasteiger partial charge in [-0.1, -0.05) is 24.3 Å². The molecular weight excluding hydrogens is 729 g/mol. The number of anilines is 3. The van der Waals surface area contributed by atoms with Crippen LogP contribution >= 0.6 is 8.58 Å². The summed E-state index contributed by atoms with van der Waals surface area (Å²) in [5.74, 6) is 1.76. The normalized spacial score (nSPS) is 14.9. The molecule has 2 atom stereocenters. The fraction of sp³-hybridized carbons (Fsp3) is 0.455. The van der Waals surface area contributed by atoms with E-state index in [2.05, 4.69) is 71.3 Å². The van der Waals surface area contributed by atoms with Crippen molar-refractivity contribution in [1.82, 2.24) is 0 Å². The number of rotatable bonds is 26. The Morgan fingerprint density at radius 3 is 1.96 bits per heavy atom. The van der Waals surface area contributed by atoms with Crippen molar-refractivity contribution in [2.75, 3.05) is 129 Å². The quantitative estimate of drug-likeness (QED) is 0.0525. The van der Waals surface area contributed by atoms with Crippen LogP contribution in [0.5, 0.6) is 11.5 Å². The molecule has 12 heteroatoms. The van der Waals surface area contributed by atoms with E-state index >= 15 is 0 Å². The van der Waals surface area contributed by atoms with Gasteiger partial charge in [0.15, 0.2) is 0 Å². The molecule has 304 valence electrons. The third-order valence-electron chi connectivity index (χ3n) is 9.74. The Kier molecular flexibility index (Phi) is 18.0. The van der Waals surface area contributed by atoms with E-state index in [9.17, 15) is 5.11 Å². The maximum atomic E-state index is 11.8. The van der Waals surface area contributed by atoms with Crippen LogP contribution in [0.25, 0.3) is 5.57 Å². The van der Waals surface area contributed by atoms with E-state index in [4.69, 9.17) is 38.9 Å². The van der Waals surface area contributed by atoms with E-state index in [0.717, 1.165) is 76.5 Å². The lowest BCUT2D eigenvalue weighted by molar-refractivity contribution is 0.0677. The molecule has 0 saturated carbocycles. The zero-order valence-electron chi connectivity index (χ0n) is 33.5. The summed E-state index contributed by atoms with van der Waals surface area (Å²) in [5.41, 5.74) is 13.6. The number of likely N-dealkylation sites (N-methyl/N-ethyl adjacent to an activating group) is 1. The standard InChI is InChI=1S/C44H60N3O8P/c1-5-46(17-16-33-6-8-34(45)9-7-33)35-10-13-38(41(48)30-35)44-39-14-11-36(47(18-20-52-25-22-49-2)19-21-53-26-23-50-3)31-42(39)55-43-32-37(12-15-40(43)44)56-29-28-54-27-24-51-4/h6-15,30-32,37,48,56H,5,16-29,45H2,1-4H3. The Labute approximate surface area is 334 Å². The SMILES string of the molecule is CCN(CCc1ccc(N)cc1)c1ccc(C2=C3C=CC(PCCOCCOC)C=C3Oc3cc(N(CCOCCOC)CCOCCOC)ccc32)c(O)c1. The number of phenolic OH excluding ortho intramolecular Hbond substituents is 1. The van der Waals surface area contributed by atoms with Crippen molar-refractivity contribution >= 4 is 31.2 Å². The molecule has 1 aliphatic carbocycles. The van der Waals surface area contributed by atoms with Gasteiger partial charge >= 0.3 is 0 Å². The molecule has 0 radical (unpaired) electrons. The fourth-order valence-electron chi connectivity index (χ4n) is 6.66. The minimum Gasteiger partial charge on any atom is -0.507 e. The highest BCUT2D eigenvalue weighted by molar-refractivity contribution is 7.39. The number of ether oxygens (including phenoxy) is 7. The molecule has 2 aliphatic rings. The number of aromatic hydroxyl groups is 1. The summed E-state index contributed by atoms with van der Waals surface area (Å²) in [7, 11) is 5.66. The fourth-order valence-corrected chi connectivity index (χ4v) is 7.76. The first-order valence-corrected chi connectivity index (χ1v) is 20.8. The molecule has 0 amide bonds. The van der Waals surface area contributed by atoms with Crippen molar-refractivity contribution in [3.8, 4) is 11.5 Å². The Bertz CT molecular complexity index is 1730. The van der Waals surface area contributed by atoms with Gasteiger partial charge in [-0.25, -0.2) is 0 Å². The predicted octanol–water partition coefficient (Wildman–Crippen LogP) is 6.53. The van der Waals surface area contributed by atoms with Crippen LogP contribution in [0.4, 0.5) is 17.1 Å². The molecule has 0 fully saturated rings. The average molecular weight is 790 g/mol. The van der Waals surface area contributed by atoms with E-state index in [1.807, 2.05) is 24.3 Å². The van der Waals surface area contributed by atoms with Gasteiger partial charge in [0.2, 0.25) is 0 Å². The summed E-state index contributed by atoms with van der Waals surface area (Å²) < 4.78 is 39.7. The number of phenols is 1. The number of fused-ring (bicyclic) bond motifs is 2. The number of nitrogens with two attached hydrogens (primary N) is 1. The number of hydrogen-bond donors (Lipinski definition) is 2. The lowest BCUT2D eigenvalue weighted by Crippen LogP contribution is -2.31. The largest absolute Gasteiger partial charge is 0.507 e. The van der Waals surface area contributed by atoms with Crippen molar-refractivity contribution in [2.24, 2.45) is 0 Å². The number of nitrogen functional groups attached to an aromatic ring is 1. The highest BCUT2D eigenvalue weighted by Crippen LogP contribution is 2.47. The molecule has 5 rings (SSSR count). The topological polar surface area (TPSA) is 117 Å². The van der Waals surface area contributed by atoms with E-state index in [0.29, 0.717) is 81.1 Å². The van der Waals surface area contributed by atoms with Crippen molar-refractivity contribution in [1.29, 1.82) is 0 Å². The Morgan fingerprint density at radius 2 is 1.34 bits per heavy atom. The molecule has 0 bridgehead atoms. The molecular formula is C44H60N3O8P. The van der Waals surface area contributed by atoms with Crippen LogP contribution in [0.15, 0.2) is 90.2 Å². The van der Waals surface area contributed by atoms with Crippen LogP contribution in [0.2, 0.25) is 0 Å². The van der Waals surface area contributed by atoms with Gasteiger partial charge in [-0.15, -0.1) is 8.58 Å². The third-order valence-corrected chi connectivity index (χ3v) is 11.1. The number of hydrogen-bond acceptors (Lipinski definition) is 11. The Morgan fingerprint density at radius 1 is 0.714 bits per heavy atom. The minimum absolute atomic E-state index is 0.214. The van der Waals surface area contributed by atoms with E-state index in [1.54, 1.807) is 21.3 Å². The molecule has 0 saturated heterocycles. The Balaban J connectivity index is 1.44. The summed E-state index contributed by atoms with van der Waals surface area (Å²) in [5, 5.41) is 11.8. The van der Waals surface area contributed by atoms with Gasteiger partial charge in [-0.05, 0) is 67.5 Å². The van der Waals surface area contributed by atoms with Gasteiger partial charge in [0, 0.05) is 105 Å². The molecule has 1 aliphatic heterocycles. The lowest BCUT2D eigenvalue weighted by Gasteiger charge is -2.31. The van der Waals surface area contributed by atoms with Gasteiger partial charge in [0.25, 0.3) is 0 Å². The third kappa shape index (κ3) is 12.5. The first kappa shape index (κ1) is 43.2. The molecule has 3 aromatic rings. The highest BCUT2D eigenvalue weighted by atomic mass is 31.1. The number of allylic oxidation sites excluding steroid dienone is 3. The molecule has 3 aromatic carbocycles. The van der Waals surface area contributed by atoms with Gasteiger partial charge in [0.05, 0.1) is 59.5 Å². The monoisotopic (exact) mass is 789 g/mol. The zero-order chi connectivity index (χ0) is 39.5. The van der Waals surface area contributed by atoms with Gasteiger partial charge in [0.1, 0.15) is 17.3 Å². The van der Waals surface area contributed by atoms with Crippen LogP contribution in [0, 0.1) is 0 Å². The van der Waals surface area contributed by atoms with Gasteiger partial charge < -0.3 is 53.8 Å². The van der Waals surface area contributed by atoms with Crippen LogP contribution in [0.1, 0.15) is 23.6 Å². The Hall–Kier alpha value is -3.93. The smallest absolute Gasteiger partial charge is 0.137 e. The van der Waals surface area contributed by atoms with E-state index < -0.39 is 0 Å². The molecule has 2 unspecified atom stereocenters. The first-order valence-electron chi connectivity index (χ1n) is 19.5. The summed E-state index contributed by atoms with van der Waals surface area (Å²) in [4.78, 5) is 4.53. The zero-order valence-corrected chi connectivity index (χ0v) is 34.5. The van der Waals surface area contributed by atoms with Crippen molar-refractivity contribution in [3.05, 3.63) is 107 Å². The molecule has 56 heavy (non-hydrogen) atoms. The van der Waals surface area contributed by atoms with Crippen molar-refractivity contribution < 1.29 is 38.3 Å². The minimum atomic E-state index is 0.214. The number of methoxy groups -OCH3 is 3. The second-order valence-corrected chi connectivity index (χ2v) is 15.1. The summed E-state index contributed by atoms with van der Waals surface area (Å²) >= 11 is 0. The lowest BCUT2D eigenvalue weighted by atomic mass is 9.87. The van der Waals surface area contributed by atoms with Crippen molar-refractivity contribution in [3.63, 3.8) is 0 Å². The van der Waals surface area contributed by atoms with E-state index in [1.165, 1.54) is 5.56 Å². The van der Waals surface area contributed by atoms with Crippen LogP contribution in [0.3, 0.4) is 0 Å². The summed E-state index contributed by atoms with van der Waals surface area (Å²) in [6.07, 6.45) is 8.42. The first-order chi connectivity index (χ1) is 27.4.